The van der Waals surface area contributed by atoms with Crippen LogP contribution in [-0.2, 0) is 6.61 Å². The molecule has 1 atom stereocenters. The molecule has 0 aliphatic heterocycles. The Bertz CT molecular complexity index is 949. The van der Waals surface area contributed by atoms with Gasteiger partial charge in [0.15, 0.2) is 0 Å². The highest BCUT2D eigenvalue weighted by Crippen LogP contribution is 2.30. The Morgan fingerprint density at radius 3 is 2.45 bits per heavy atom. The zero-order valence-corrected chi connectivity index (χ0v) is 16.9. The van der Waals surface area contributed by atoms with Crippen LogP contribution in [0, 0.1) is 0 Å². The number of aliphatic hydroxyl groups excluding tert-OH is 2. The van der Waals surface area contributed by atoms with Gasteiger partial charge in [0.25, 0.3) is 0 Å². The van der Waals surface area contributed by atoms with Crippen molar-refractivity contribution in [3.63, 3.8) is 0 Å². The number of aliphatic hydroxyl groups is 2. The lowest BCUT2D eigenvalue weighted by Gasteiger charge is -2.08. The summed E-state index contributed by atoms with van der Waals surface area (Å²) in [5.74, 6) is 0.844. The smallest absolute Gasteiger partial charge is 0.120 e. The van der Waals surface area contributed by atoms with E-state index in [0.717, 1.165) is 26.7 Å². The van der Waals surface area contributed by atoms with Gasteiger partial charge in [-0.05, 0) is 47.0 Å². The lowest BCUT2D eigenvalue weighted by molar-refractivity contribution is 0.228. The topological polar surface area (TPSA) is 49.7 Å². The minimum absolute atomic E-state index is 0.227. The van der Waals surface area contributed by atoms with Gasteiger partial charge in [0.1, 0.15) is 12.4 Å². The van der Waals surface area contributed by atoms with Gasteiger partial charge in [-0.1, -0.05) is 79.0 Å². The Morgan fingerprint density at radius 2 is 1.72 bits per heavy atom. The maximum absolute atomic E-state index is 9.81. The molecule has 4 heteroatoms. The Hall–Kier alpha value is -2.79. The molecule has 3 rings (SSSR count). The van der Waals surface area contributed by atoms with E-state index in [1.807, 2.05) is 78.9 Å². The van der Waals surface area contributed by atoms with Gasteiger partial charge in [-0.3, -0.25) is 0 Å². The minimum atomic E-state index is -0.840. The van der Waals surface area contributed by atoms with Crippen LogP contribution >= 0.6 is 11.8 Å². The van der Waals surface area contributed by atoms with Gasteiger partial charge >= 0.3 is 0 Å². The van der Waals surface area contributed by atoms with Gasteiger partial charge < -0.3 is 14.9 Å². The van der Waals surface area contributed by atoms with Gasteiger partial charge in [-0.25, -0.2) is 0 Å². The van der Waals surface area contributed by atoms with Gasteiger partial charge in [0.2, 0.25) is 0 Å². The molecule has 0 radical (unpaired) electrons. The summed E-state index contributed by atoms with van der Waals surface area (Å²) in [4.78, 5) is 2.22. The molecular weight excluding hydrogens is 380 g/mol. The van der Waals surface area contributed by atoms with Crippen LogP contribution in [0.4, 0.5) is 0 Å². The van der Waals surface area contributed by atoms with Gasteiger partial charge in [-0.15, -0.1) is 0 Å². The van der Waals surface area contributed by atoms with Gasteiger partial charge in [-0.2, -0.15) is 0 Å². The summed E-state index contributed by atoms with van der Waals surface area (Å²) in [6.45, 7) is 3.94. The summed E-state index contributed by atoms with van der Waals surface area (Å²) in [7, 11) is 0. The molecule has 0 saturated heterocycles. The predicted octanol–water partition coefficient (Wildman–Crippen LogP) is 5.34. The lowest BCUT2D eigenvalue weighted by atomic mass is 10.1. The fourth-order valence-corrected chi connectivity index (χ4v) is 3.45. The van der Waals surface area contributed by atoms with Crippen molar-refractivity contribution in [2.45, 2.75) is 22.5 Å². The highest BCUT2D eigenvalue weighted by atomic mass is 32.2. The summed E-state index contributed by atoms with van der Waals surface area (Å²) in [6.07, 6.45) is 2.60. The first-order valence-corrected chi connectivity index (χ1v) is 10.2. The Kier molecular flexibility index (Phi) is 7.70. The summed E-state index contributed by atoms with van der Waals surface area (Å²) in [5, 5.41) is 18.8. The number of hydrogen-bond donors (Lipinski definition) is 2. The monoisotopic (exact) mass is 404 g/mol. The lowest BCUT2D eigenvalue weighted by Crippen LogP contribution is -2.08. The molecule has 0 amide bonds. The van der Waals surface area contributed by atoms with Crippen molar-refractivity contribution in [3.8, 4) is 5.75 Å². The van der Waals surface area contributed by atoms with Crippen molar-refractivity contribution in [1.29, 1.82) is 0 Å². The van der Waals surface area contributed by atoms with Crippen molar-refractivity contribution in [2.24, 2.45) is 0 Å². The van der Waals surface area contributed by atoms with Crippen LogP contribution in [0.25, 0.3) is 6.08 Å². The summed E-state index contributed by atoms with van der Waals surface area (Å²) in [5.41, 5.74) is 2.49. The molecule has 29 heavy (non-hydrogen) atoms. The average molecular weight is 405 g/mol. The van der Waals surface area contributed by atoms with E-state index in [1.165, 1.54) is 0 Å². The first kappa shape index (κ1) is 20.9. The Balaban J connectivity index is 1.58. The fourth-order valence-electron chi connectivity index (χ4n) is 2.58. The highest BCUT2D eigenvalue weighted by Gasteiger charge is 2.03. The van der Waals surface area contributed by atoms with Gasteiger partial charge in [0, 0.05) is 9.79 Å². The molecule has 3 nitrogen and oxygen atoms in total. The standard InChI is InChI=1S/C25H24O3S/c1-19(17-26)25(27)15-12-20-10-13-23(14-11-20)29-24-9-5-8-22(16-24)28-18-21-6-3-2-4-7-21/h2-16,25-27H,1,17-18H2/b15-12+/t25-/m0/s1. The van der Waals surface area contributed by atoms with Crippen molar-refractivity contribution in [2.75, 3.05) is 6.61 Å². The summed E-state index contributed by atoms with van der Waals surface area (Å²) >= 11 is 1.66. The second-order valence-corrected chi connectivity index (χ2v) is 7.69. The van der Waals surface area contributed by atoms with Crippen LogP contribution in [0.5, 0.6) is 5.75 Å². The van der Waals surface area contributed by atoms with Crippen molar-refractivity contribution < 1.29 is 14.9 Å². The number of ether oxygens (including phenoxy) is 1. The zero-order chi connectivity index (χ0) is 20.5. The minimum Gasteiger partial charge on any atom is -0.489 e. The third-order valence-corrected chi connectivity index (χ3v) is 5.26. The number of benzene rings is 3. The molecule has 0 heterocycles. The van der Waals surface area contributed by atoms with E-state index in [-0.39, 0.29) is 6.61 Å². The van der Waals surface area contributed by atoms with Crippen molar-refractivity contribution >= 4 is 17.8 Å². The molecule has 3 aromatic rings. The number of rotatable bonds is 9. The van der Waals surface area contributed by atoms with Crippen LogP contribution in [0.1, 0.15) is 11.1 Å². The largest absolute Gasteiger partial charge is 0.489 e. The SMILES string of the molecule is C=C(CO)[C@@H](O)/C=C/c1ccc(Sc2cccc(OCc3ccccc3)c2)cc1. The summed E-state index contributed by atoms with van der Waals surface area (Å²) in [6, 6.07) is 26.2. The molecule has 0 saturated carbocycles. The fraction of sp³-hybridized carbons (Fsp3) is 0.120. The zero-order valence-electron chi connectivity index (χ0n) is 16.1. The molecule has 148 valence electrons. The van der Waals surface area contributed by atoms with E-state index >= 15 is 0 Å². The van der Waals surface area contributed by atoms with E-state index in [9.17, 15) is 5.11 Å². The van der Waals surface area contributed by atoms with Crippen LogP contribution < -0.4 is 4.74 Å². The Morgan fingerprint density at radius 1 is 0.966 bits per heavy atom. The van der Waals surface area contributed by atoms with Crippen LogP contribution in [0.15, 0.2) is 107 Å². The average Bonchev–Trinajstić information content (AvgIpc) is 2.77. The highest BCUT2D eigenvalue weighted by molar-refractivity contribution is 7.99. The van der Waals surface area contributed by atoms with Crippen LogP contribution in [-0.4, -0.2) is 22.9 Å². The predicted molar refractivity (Wildman–Crippen MR) is 119 cm³/mol. The molecule has 2 N–H and O–H groups in total. The van der Waals surface area contributed by atoms with E-state index in [2.05, 4.69) is 12.6 Å². The van der Waals surface area contributed by atoms with Crippen LogP contribution in [0.2, 0.25) is 0 Å². The van der Waals surface area contributed by atoms with Crippen molar-refractivity contribution in [3.05, 3.63) is 108 Å². The maximum atomic E-state index is 9.81. The van der Waals surface area contributed by atoms with Gasteiger partial charge in [0.05, 0.1) is 12.7 Å². The van der Waals surface area contributed by atoms with E-state index < -0.39 is 6.10 Å². The third kappa shape index (κ3) is 6.64. The second-order valence-electron chi connectivity index (χ2n) is 6.54. The quantitative estimate of drug-likeness (QED) is 0.473. The van der Waals surface area contributed by atoms with E-state index in [0.29, 0.717) is 12.2 Å². The molecule has 0 aliphatic rings. The summed E-state index contributed by atoms with van der Waals surface area (Å²) < 4.78 is 5.90. The molecule has 0 aliphatic carbocycles. The molecule has 0 aromatic heterocycles. The normalized spacial score (nSPS) is 12.1. The van der Waals surface area contributed by atoms with Crippen molar-refractivity contribution in [1.82, 2.24) is 0 Å². The first-order chi connectivity index (χ1) is 14.1. The molecule has 0 fully saturated rings. The molecule has 0 bridgehead atoms. The second kappa shape index (κ2) is 10.7. The molecule has 0 unspecified atom stereocenters. The third-order valence-electron chi connectivity index (χ3n) is 4.26. The number of hydrogen-bond acceptors (Lipinski definition) is 4. The van der Waals surface area contributed by atoms with Crippen LogP contribution in [0.3, 0.4) is 0 Å². The Labute approximate surface area is 176 Å². The van der Waals surface area contributed by atoms with E-state index in [1.54, 1.807) is 17.8 Å². The van der Waals surface area contributed by atoms with E-state index in [4.69, 9.17) is 9.84 Å². The maximum Gasteiger partial charge on any atom is 0.120 e. The molecule has 0 spiro atoms. The molecule has 3 aromatic carbocycles. The molecular formula is C25H24O3S. The first-order valence-electron chi connectivity index (χ1n) is 9.33.